The van der Waals surface area contributed by atoms with E-state index in [2.05, 4.69) is 22.0 Å². The minimum atomic E-state index is 0.295. The number of likely N-dealkylation sites (tertiary alicyclic amines) is 1. The molecular formula is C16H23N3O3. The molecule has 0 N–H and O–H groups in total. The van der Waals surface area contributed by atoms with Crippen LogP contribution in [-0.2, 0) is 17.9 Å². The molecule has 0 amide bonds. The van der Waals surface area contributed by atoms with Crippen LogP contribution in [-0.4, -0.2) is 34.8 Å². The second-order valence-electron chi connectivity index (χ2n) is 5.92. The van der Waals surface area contributed by atoms with Gasteiger partial charge in [0.05, 0.1) is 12.5 Å². The molecule has 120 valence electrons. The van der Waals surface area contributed by atoms with Gasteiger partial charge >= 0.3 is 0 Å². The maximum atomic E-state index is 5.80. The smallest absolute Gasteiger partial charge is 0.221 e. The van der Waals surface area contributed by atoms with Crippen LogP contribution in [0.2, 0.25) is 0 Å². The number of piperidine rings is 1. The fourth-order valence-electron chi connectivity index (χ4n) is 3.16. The maximum absolute atomic E-state index is 5.80. The van der Waals surface area contributed by atoms with Crippen molar-refractivity contribution in [1.29, 1.82) is 0 Å². The normalized spacial score (nSPS) is 23.0. The molecule has 0 saturated carbocycles. The van der Waals surface area contributed by atoms with E-state index in [0.29, 0.717) is 24.5 Å². The molecule has 2 aromatic heterocycles. The lowest BCUT2D eigenvalue weighted by atomic mass is 9.90. The Bertz CT molecular complexity index is 607. The van der Waals surface area contributed by atoms with Crippen molar-refractivity contribution < 1.29 is 13.6 Å². The van der Waals surface area contributed by atoms with E-state index < -0.39 is 0 Å². The van der Waals surface area contributed by atoms with Crippen molar-refractivity contribution in [1.82, 2.24) is 15.1 Å². The van der Waals surface area contributed by atoms with E-state index in [4.69, 9.17) is 13.6 Å². The Hall–Kier alpha value is -1.66. The first-order valence-corrected chi connectivity index (χ1v) is 7.78. The molecule has 1 aliphatic heterocycles. The van der Waals surface area contributed by atoms with Crippen molar-refractivity contribution in [3.63, 3.8) is 0 Å². The first-order chi connectivity index (χ1) is 10.7. The van der Waals surface area contributed by atoms with Crippen LogP contribution < -0.4 is 0 Å². The summed E-state index contributed by atoms with van der Waals surface area (Å²) in [5.74, 6) is 3.53. The van der Waals surface area contributed by atoms with Gasteiger partial charge in [0.2, 0.25) is 11.8 Å². The summed E-state index contributed by atoms with van der Waals surface area (Å²) >= 11 is 0. The predicted molar refractivity (Wildman–Crippen MR) is 80.3 cm³/mol. The summed E-state index contributed by atoms with van der Waals surface area (Å²) in [5.41, 5.74) is 0. The Morgan fingerprint density at radius 3 is 2.82 bits per heavy atom. The van der Waals surface area contributed by atoms with Gasteiger partial charge in [-0.1, -0.05) is 0 Å². The van der Waals surface area contributed by atoms with E-state index in [1.165, 1.54) is 0 Å². The lowest BCUT2D eigenvalue weighted by Crippen LogP contribution is -2.41. The highest BCUT2D eigenvalue weighted by molar-refractivity contribution is 5.08. The molecule has 2 aromatic rings. The Labute approximate surface area is 130 Å². The van der Waals surface area contributed by atoms with E-state index >= 15 is 0 Å². The monoisotopic (exact) mass is 305 g/mol. The molecule has 0 unspecified atom stereocenters. The molecule has 3 rings (SSSR count). The zero-order valence-electron chi connectivity index (χ0n) is 13.4. The van der Waals surface area contributed by atoms with Crippen molar-refractivity contribution in [3.05, 3.63) is 35.4 Å². The average molecular weight is 305 g/mol. The van der Waals surface area contributed by atoms with Crippen LogP contribution in [0.25, 0.3) is 0 Å². The maximum Gasteiger partial charge on any atom is 0.221 e. The summed E-state index contributed by atoms with van der Waals surface area (Å²) in [6, 6.07) is 4.36. The van der Waals surface area contributed by atoms with E-state index in [1.807, 2.05) is 19.1 Å². The number of rotatable bonds is 5. The molecule has 1 aliphatic rings. The van der Waals surface area contributed by atoms with Crippen LogP contribution in [0.3, 0.4) is 0 Å². The van der Waals surface area contributed by atoms with Gasteiger partial charge in [-0.05, 0) is 38.4 Å². The van der Waals surface area contributed by atoms with E-state index in [0.717, 1.165) is 43.3 Å². The number of ether oxygens (including phenoxy) is 1. The molecule has 3 heterocycles. The number of aromatic nitrogens is 2. The SMILES string of the molecule is COCc1ccc(CN2CCC[C@H](c3nnc(C)o3)[C@@H]2C)o1. The summed E-state index contributed by atoms with van der Waals surface area (Å²) < 4.78 is 16.5. The highest BCUT2D eigenvalue weighted by Gasteiger charge is 2.32. The second kappa shape index (κ2) is 6.62. The van der Waals surface area contributed by atoms with Gasteiger partial charge in [0.25, 0.3) is 0 Å². The first kappa shape index (κ1) is 15.2. The van der Waals surface area contributed by atoms with Crippen LogP contribution in [0, 0.1) is 6.92 Å². The average Bonchev–Trinajstić information content (AvgIpc) is 3.11. The fourth-order valence-corrected chi connectivity index (χ4v) is 3.16. The van der Waals surface area contributed by atoms with Gasteiger partial charge in [-0.25, -0.2) is 0 Å². The Morgan fingerprint density at radius 1 is 1.27 bits per heavy atom. The summed E-state index contributed by atoms with van der Waals surface area (Å²) in [5, 5.41) is 8.17. The molecule has 0 radical (unpaired) electrons. The van der Waals surface area contributed by atoms with E-state index in [-0.39, 0.29) is 0 Å². The summed E-state index contributed by atoms with van der Waals surface area (Å²) in [4.78, 5) is 2.42. The number of hydrogen-bond acceptors (Lipinski definition) is 6. The molecule has 0 bridgehead atoms. The van der Waals surface area contributed by atoms with Crippen LogP contribution in [0.5, 0.6) is 0 Å². The lowest BCUT2D eigenvalue weighted by molar-refractivity contribution is 0.107. The van der Waals surface area contributed by atoms with Crippen molar-refractivity contribution in [2.45, 2.75) is 51.8 Å². The Kier molecular flexibility index (Phi) is 4.59. The van der Waals surface area contributed by atoms with Gasteiger partial charge in [-0.2, -0.15) is 0 Å². The minimum absolute atomic E-state index is 0.295. The molecule has 0 aliphatic carbocycles. The summed E-state index contributed by atoms with van der Waals surface area (Å²) in [7, 11) is 1.67. The number of furan rings is 1. The standard InChI is InChI=1S/C16H23N3O3/c1-11-15(16-18-17-12(2)21-16)5-4-8-19(11)9-13-6-7-14(22-13)10-20-3/h6-7,11,15H,4-5,8-10H2,1-3H3/t11-,15-/m0/s1. The third-order valence-electron chi connectivity index (χ3n) is 4.34. The van der Waals surface area contributed by atoms with Crippen LogP contribution in [0.15, 0.2) is 21.0 Å². The highest BCUT2D eigenvalue weighted by Crippen LogP contribution is 2.32. The highest BCUT2D eigenvalue weighted by atomic mass is 16.5. The van der Waals surface area contributed by atoms with E-state index in [1.54, 1.807) is 7.11 Å². The van der Waals surface area contributed by atoms with Gasteiger partial charge in [-0.3, -0.25) is 4.90 Å². The van der Waals surface area contributed by atoms with Crippen LogP contribution in [0.4, 0.5) is 0 Å². The minimum Gasteiger partial charge on any atom is -0.462 e. The van der Waals surface area contributed by atoms with Crippen molar-refractivity contribution in [2.24, 2.45) is 0 Å². The third kappa shape index (κ3) is 3.23. The molecule has 22 heavy (non-hydrogen) atoms. The van der Waals surface area contributed by atoms with Crippen molar-refractivity contribution in [3.8, 4) is 0 Å². The fraction of sp³-hybridized carbons (Fsp3) is 0.625. The van der Waals surface area contributed by atoms with Gasteiger partial charge in [0.15, 0.2) is 0 Å². The van der Waals surface area contributed by atoms with Gasteiger partial charge in [0, 0.05) is 20.1 Å². The largest absolute Gasteiger partial charge is 0.462 e. The quantitative estimate of drug-likeness (QED) is 0.846. The van der Waals surface area contributed by atoms with Gasteiger partial charge in [-0.15, -0.1) is 10.2 Å². The molecule has 2 atom stereocenters. The second-order valence-corrected chi connectivity index (χ2v) is 5.92. The molecule has 6 heteroatoms. The number of nitrogens with zero attached hydrogens (tertiary/aromatic N) is 3. The number of hydrogen-bond donors (Lipinski definition) is 0. The number of methoxy groups -OCH3 is 1. The lowest BCUT2D eigenvalue weighted by Gasteiger charge is -2.37. The Morgan fingerprint density at radius 2 is 2.09 bits per heavy atom. The molecule has 0 spiro atoms. The molecule has 1 saturated heterocycles. The van der Waals surface area contributed by atoms with Gasteiger partial charge in [0.1, 0.15) is 18.1 Å². The van der Waals surface area contributed by atoms with Gasteiger partial charge < -0.3 is 13.6 Å². The van der Waals surface area contributed by atoms with Crippen molar-refractivity contribution >= 4 is 0 Å². The van der Waals surface area contributed by atoms with Crippen LogP contribution in [0.1, 0.15) is 49.0 Å². The van der Waals surface area contributed by atoms with Crippen molar-refractivity contribution in [2.75, 3.05) is 13.7 Å². The first-order valence-electron chi connectivity index (χ1n) is 7.78. The topological polar surface area (TPSA) is 64.5 Å². The van der Waals surface area contributed by atoms with Crippen LogP contribution >= 0.6 is 0 Å². The molecule has 6 nitrogen and oxygen atoms in total. The molecular weight excluding hydrogens is 282 g/mol. The predicted octanol–water partition coefficient (Wildman–Crippen LogP) is 2.89. The van der Waals surface area contributed by atoms with E-state index in [9.17, 15) is 0 Å². The molecule has 0 aromatic carbocycles. The Balaban J connectivity index is 1.68. The molecule has 1 fully saturated rings. The summed E-state index contributed by atoms with van der Waals surface area (Å²) in [6.45, 7) is 6.43. The number of aryl methyl sites for hydroxylation is 1. The third-order valence-corrected chi connectivity index (χ3v) is 4.34. The summed E-state index contributed by atoms with van der Waals surface area (Å²) in [6.07, 6.45) is 2.22. The zero-order valence-corrected chi connectivity index (χ0v) is 13.4. The zero-order chi connectivity index (χ0) is 15.5.